The Labute approximate surface area is 113 Å². The molecule has 0 aliphatic heterocycles. The fourth-order valence-corrected chi connectivity index (χ4v) is 1.48. The Bertz CT molecular complexity index is 424. The summed E-state index contributed by atoms with van der Waals surface area (Å²) in [6.07, 6.45) is 0. The van der Waals surface area contributed by atoms with Crippen LogP contribution in [0.3, 0.4) is 0 Å². The van der Waals surface area contributed by atoms with Gasteiger partial charge in [0.05, 0.1) is 11.6 Å². The average Bonchev–Trinajstić information content (AvgIpc) is 2.27. The minimum atomic E-state index is -0.374. The van der Waals surface area contributed by atoms with Crippen molar-refractivity contribution in [1.29, 1.82) is 0 Å². The van der Waals surface area contributed by atoms with Crippen molar-refractivity contribution >= 4 is 17.5 Å². The number of aryl methyl sites for hydroxylation is 1. The Kier molecular flexibility index (Phi) is 5.03. The van der Waals surface area contributed by atoms with E-state index in [-0.39, 0.29) is 11.3 Å². The molecule has 0 aliphatic carbocycles. The molecule has 0 unspecified atom stereocenters. The van der Waals surface area contributed by atoms with Crippen molar-refractivity contribution in [3.8, 4) is 5.75 Å². The summed E-state index contributed by atoms with van der Waals surface area (Å²) in [6, 6.07) is 5.62. The Morgan fingerprint density at radius 3 is 2.67 bits per heavy atom. The van der Waals surface area contributed by atoms with Gasteiger partial charge in [-0.2, -0.15) is 0 Å². The van der Waals surface area contributed by atoms with E-state index in [9.17, 15) is 4.79 Å². The average molecular weight is 270 g/mol. The summed E-state index contributed by atoms with van der Waals surface area (Å²) in [5, 5.41) is 3.41. The highest BCUT2D eigenvalue weighted by Crippen LogP contribution is 2.24. The lowest BCUT2D eigenvalue weighted by atomic mass is 9.96. The van der Waals surface area contributed by atoms with Gasteiger partial charge in [-0.25, -0.2) is 0 Å². The fourth-order valence-electron chi connectivity index (χ4n) is 1.31. The van der Waals surface area contributed by atoms with E-state index in [0.717, 1.165) is 5.56 Å². The van der Waals surface area contributed by atoms with Crippen molar-refractivity contribution in [2.24, 2.45) is 5.41 Å². The number of benzene rings is 1. The first kappa shape index (κ1) is 14.8. The van der Waals surface area contributed by atoms with E-state index in [2.05, 4.69) is 5.32 Å². The first-order valence-electron chi connectivity index (χ1n) is 5.98. The molecule has 1 amide bonds. The molecule has 0 aliphatic rings. The maximum absolute atomic E-state index is 11.6. The zero-order valence-corrected chi connectivity index (χ0v) is 12.1. The van der Waals surface area contributed by atoms with Crippen LogP contribution in [0.5, 0.6) is 5.75 Å². The van der Waals surface area contributed by atoms with Crippen LogP contribution in [0.2, 0.25) is 5.02 Å². The van der Waals surface area contributed by atoms with Gasteiger partial charge in [0.25, 0.3) is 0 Å². The smallest absolute Gasteiger partial charge is 0.225 e. The molecule has 18 heavy (non-hydrogen) atoms. The largest absolute Gasteiger partial charge is 0.490 e. The van der Waals surface area contributed by atoms with Crippen molar-refractivity contribution in [1.82, 2.24) is 5.32 Å². The molecule has 1 aromatic rings. The molecule has 0 atom stereocenters. The first-order chi connectivity index (χ1) is 8.30. The van der Waals surface area contributed by atoms with E-state index in [1.807, 2.05) is 39.8 Å². The standard InChI is InChI=1S/C14H20ClNO2/c1-10-5-6-11(15)12(9-10)18-8-7-16-13(17)14(2,3)4/h5-6,9H,7-8H2,1-4H3,(H,16,17). The van der Waals surface area contributed by atoms with Crippen molar-refractivity contribution in [3.05, 3.63) is 28.8 Å². The van der Waals surface area contributed by atoms with E-state index in [4.69, 9.17) is 16.3 Å². The Balaban J connectivity index is 2.39. The van der Waals surface area contributed by atoms with Gasteiger partial charge in [-0.1, -0.05) is 38.4 Å². The molecule has 0 saturated heterocycles. The predicted octanol–water partition coefficient (Wildman–Crippen LogP) is 3.19. The molecule has 100 valence electrons. The number of halogens is 1. The number of carbonyl (C=O) groups is 1. The summed E-state index contributed by atoms with van der Waals surface area (Å²) in [7, 11) is 0. The van der Waals surface area contributed by atoms with Crippen LogP contribution in [-0.4, -0.2) is 19.1 Å². The van der Waals surface area contributed by atoms with Gasteiger partial charge in [-0.3, -0.25) is 4.79 Å². The molecule has 3 nitrogen and oxygen atoms in total. The Hall–Kier alpha value is -1.22. The van der Waals surface area contributed by atoms with Gasteiger partial charge < -0.3 is 10.1 Å². The zero-order valence-electron chi connectivity index (χ0n) is 11.3. The number of hydrogen-bond acceptors (Lipinski definition) is 2. The van der Waals surface area contributed by atoms with Crippen molar-refractivity contribution < 1.29 is 9.53 Å². The summed E-state index contributed by atoms with van der Waals surface area (Å²) >= 11 is 6.00. The molecule has 0 bridgehead atoms. The molecule has 1 aromatic carbocycles. The number of ether oxygens (including phenoxy) is 1. The molecule has 0 fully saturated rings. The fraction of sp³-hybridized carbons (Fsp3) is 0.500. The summed E-state index contributed by atoms with van der Waals surface area (Å²) < 4.78 is 5.53. The molecule has 4 heteroatoms. The lowest BCUT2D eigenvalue weighted by molar-refractivity contribution is -0.128. The number of nitrogens with one attached hydrogen (secondary N) is 1. The van der Waals surface area contributed by atoms with Crippen LogP contribution in [0.1, 0.15) is 26.3 Å². The van der Waals surface area contributed by atoms with Gasteiger partial charge >= 0.3 is 0 Å². The predicted molar refractivity (Wildman–Crippen MR) is 74.1 cm³/mol. The molecule has 1 rings (SSSR count). The van der Waals surface area contributed by atoms with E-state index in [0.29, 0.717) is 23.9 Å². The molecule has 0 saturated carbocycles. The van der Waals surface area contributed by atoms with Gasteiger partial charge in [-0.15, -0.1) is 0 Å². The molecule has 0 aromatic heterocycles. The summed E-state index contributed by atoms with van der Waals surface area (Å²) in [5.74, 6) is 0.670. The lowest BCUT2D eigenvalue weighted by Crippen LogP contribution is -2.37. The minimum Gasteiger partial charge on any atom is -0.490 e. The Morgan fingerprint density at radius 1 is 1.39 bits per heavy atom. The second-order valence-corrected chi connectivity index (χ2v) is 5.70. The van der Waals surface area contributed by atoms with E-state index in [1.54, 1.807) is 6.07 Å². The third-order valence-electron chi connectivity index (χ3n) is 2.41. The first-order valence-corrected chi connectivity index (χ1v) is 6.36. The molecular weight excluding hydrogens is 250 g/mol. The molecule has 0 radical (unpaired) electrons. The Morgan fingerprint density at radius 2 is 2.06 bits per heavy atom. The van der Waals surface area contributed by atoms with Crippen molar-refractivity contribution in [2.75, 3.05) is 13.2 Å². The number of carbonyl (C=O) groups excluding carboxylic acids is 1. The van der Waals surface area contributed by atoms with Crippen molar-refractivity contribution in [3.63, 3.8) is 0 Å². The second kappa shape index (κ2) is 6.10. The van der Waals surface area contributed by atoms with Crippen LogP contribution in [0.15, 0.2) is 18.2 Å². The van der Waals surface area contributed by atoms with Gasteiger partial charge in [0.1, 0.15) is 12.4 Å². The molecule has 0 heterocycles. The molecular formula is C14H20ClNO2. The number of amides is 1. The number of hydrogen-bond donors (Lipinski definition) is 1. The van der Waals surface area contributed by atoms with Crippen LogP contribution in [0.25, 0.3) is 0 Å². The highest BCUT2D eigenvalue weighted by Gasteiger charge is 2.20. The van der Waals surface area contributed by atoms with Gasteiger partial charge in [-0.05, 0) is 24.6 Å². The van der Waals surface area contributed by atoms with E-state index >= 15 is 0 Å². The van der Waals surface area contributed by atoms with Crippen LogP contribution in [0, 0.1) is 12.3 Å². The highest BCUT2D eigenvalue weighted by atomic mass is 35.5. The van der Waals surface area contributed by atoms with Gasteiger partial charge in [0.15, 0.2) is 0 Å². The summed E-state index contributed by atoms with van der Waals surface area (Å²) in [5.41, 5.74) is 0.717. The number of rotatable bonds is 4. The highest BCUT2D eigenvalue weighted by molar-refractivity contribution is 6.32. The van der Waals surface area contributed by atoms with E-state index < -0.39 is 0 Å². The van der Waals surface area contributed by atoms with Crippen LogP contribution < -0.4 is 10.1 Å². The van der Waals surface area contributed by atoms with Crippen LogP contribution >= 0.6 is 11.6 Å². The zero-order chi connectivity index (χ0) is 13.8. The monoisotopic (exact) mass is 269 g/mol. The molecule has 0 spiro atoms. The third-order valence-corrected chi connectivity index (χ3v) is 2.73. The maximum Gasteiger partial charge on any atom is 0.225 e. The van der Waals surface area contributed by atoms with Gasteiger partial charge in [0, 0.05) is 5.41 Å². The maximum atomic E-state index is 11.6. The summed E-state index contributed by atoms with van der Waals surface area (Å²) in [6.45, 7) is 8.48. The quantitative estimate of drug-likeness (QED) is 0.853. The normalized spacial score (nSPS) is 11.2. The minimum absolute atomic E-state index is 0.0152. The molecule has 1 N–H and O–H groups in total. The van der Waals surface area contributed by atoms with Gasteiger partial charge in [0.2, 0.25) is 5.91 Å². The SMILES string of the molecule is Cc1ccc(Cl)c(OCCNC(=O)C(C)(C)C)c1. The van der Waals surface area contributed by atoms with Crippen LogP contribution in [0.4, 0.5) is 0 Å². The third kappa shape index (κ3) is 4.57. The van der Waals surface area contributed by atoms with Crippen LogP contribution in [-0.2, 0) is 4.79 Å². The summed E-state index contributed by atoms with van der Waals surface area (Å²) in [4.78, 5) is 11.6. The lowest BCUT2D eigenvalue weighted by Gasteiger charge is -2.17. The second-order valence-electron chi connectivity index (χ2n) is 5.29. The van der Waals surface area contributed by atoms with E-state index in [1.165, 1.54) is 0 Å². The topological polar surface area (TPSA) is 38.3 Å². The van der Waals surface area contributed by atoms with Crippen molar-refractivity contribution in [2.45, 2.75) is 27.7 Å².